The van der Waals surface area contributed by atoms with Gasteiger partial charge in [-0.3, -0.25) is 4.90 Å². The van der Waals surface area contributed by atoms with Crippen LogP contribution in [0, 0.1) is 0 Å². The van der Waals surface area contributed by atoms with E-state index < -0.39 is 0 Å². The van der Waals surface area contributed by atoms with E-state index in [1.54, 1.807) is 0 Å². The van der Waals surface area contributed by atoms with Crippen molar-refractivity contribution in [2.75, 3.05) is 46.4 Å². The van der Waals surface area contributed by atoms with E-state index in [0.29, 0.717) is 0 Å². The Labute approximate surface area is 164 Å². The molecule has 3 rings (SSSR count). The molecule has 142 valence electrons. The average molecular weight is 375 g/mol. The molecule has 1 saturated heterocycles. The van der Waals surface area contributed by atoms with Crippen LogP contribution >= 0.6 is 12.4 Å². The fourth-order valence-corrected chi connectivity index (χ4v) is 3.30. The van der Waals surface area contributed by atoms with E-state index in [1.807, 2.05) is 0 Å². The molecule has 0 saturated carbocycles. The molecule has 1 fully saturated rings. The summed E-state index contributed by atoms with van der Waals surface area (Å²) in [5, 5.41) is 0. The lowest BCUT2D eigenvalue weighted by atomic mass is 10.0. The third-order valence-corrected chi connectivity index (χ3v) is 5.03. The molecule has 0 radical (unpaired) electrons. The Bertz CT molecular complexity index is 654. The van der Waals surface area contributed by atoms with Gasteiger partial charge in [0, 0.05) is 39.1 Å². The summed E-state index contributed by atoms with van der Waals surface area (Å²) in [7, 11) is 2.19. The second kappa shape index (κ2) is 10.6. The molecule has 1 heterocycles. The van der Waals surface area contributed by atoms with Crippen LogP contribution in [0.2, 0.25) is 0 Å². The van der Waals surface area contributed by atoms with Crippen LogP contribution in [0.1, 0.15) is 23.6 Å². The maximum absolute atomic E-state index is 6.18. The van der Waals surface area contributed by atoms with Crippen LogP contribution in [-0.4, -0.2) is 56.2 Å². The molecule has 0 aliphatic carbocycles. The lowest BCUT2D eigenvalue weighted by Crippen LogP contribution is -2.45. The number of nitrogens with zero attached hydrogens (tertiary/aromatic N) is 2. The van der Waals surface area contributed by atoms with Crippen molar-refractivity contribution in [2.24, 2.45) is 0 Å². The van der Waals surface area contributed by atoms with Crippen LogP contribution in [0.4, 0.5) is 0 Å². The minimum Gasteiger partial charge on any atom is -0.492 e. The van der Waals surface area contributed by atoms with Gasteiger partial charge in [0.25, 0.3) is 0 Å². The monoisotopic (exact) mass is 374 g/mol. The van der Waals surface area contributed by atoms with Gasteiger partial charge in [-0.15, -0.1) is 12.4 Å². The molecule has 0 bridgehead atoms. The smallest absolute Gasteiger partial charge is 0.122 e. The summed E-state index contributed by atoms with van der Waals surface area (Å²) in [6, 6.07) is 17.3. The number of piperazine rings is 1. The standard InChI is InChI=1S/C22H30N2O.ClH/c1-3-19-9-10-22(21(17-19)18-20-7-5-4-6-8-20)25-16-15-24-13-11-23(2)12-14-24;/h4-10,17H,3,11-16,18H2,1-2H3;1H. The van der Waals surface area contributed by atoms with Gasteiger partial charge < -0.3 is 9.64 Å². The fourth-order valence-electron chi connectivity index (χ4n) is 3.30. The Morgan fingerprint density at radius 2 is 1.65 bits per heavy atom. The van der Waals surface area contributed by atoms with Crippen molar-refractivity contribution in [3.8, 4) is 5.75 Å². The summed E-state index contributed by atoms with van der Waals surface area (Å²) in [4.78, 5) is 4.88. The topological polar surface area (TPSA) is 15.7 Å². The highest BCUT2D eigenvalue weighted by atomic mass is 35.5. The van der Waals surface area contributed by atoms with Gasteiger partial charge in [0.05, 0.1) is 0 Å². The van der Waals surface area contributed by atoms with Crippen LogP contribution in [0.3, 0.4) is 0 Å². The lowest BCUT2D eigenvalue weighted by Gasteiger charge is -2.32. The largest absolute Gasteiger partial charge is 0.492 e. The minimum atomic E-state index is 0. The van der Waals surface area contributed by atoms with E-state index in [9.17, 15) is 0 Å². The maximum Gasteiger partial charge on any atom is 0.122 e. The summed E-state index contributed by atoms with van der Waals surface area (Å²) < 4.78 is 6.18. The van der Waals surface area contributed by atoms with Crippen molar-refractivity contribution in [1.29, 1.82) is 0 Å². The zero-order chi connectivity index (χ0) is 17.5. The molecule has 1 aliphatic heterocycles. The molecular weight excluding hydrogens is 344 g/mol. The molecule has 4 heteroatoms. The van der Waals surface area contributed by atoms with Crippen molar-refractivity contribution in [2.45, 2.75) is 19.8 Å². The highest BCUT2D eigenvalue weighted by Gasteiger charge is 2.14. The van der Waals surface area contributed by atoms with Gasteiger partial charge >= 0.3 is 0 Å². The van der Waals surface area contributed by atoms with Crippen molar-refractivity contribution in [1.82, 2.24) is 9.80 Å². The van der Waals surface area contributed by atoms with E-state index in [4.69, 9.17) is 4.74 Å². The number of aryl methyl sites for hydroxylation is 1. The molecule has 1 aliphatic rings. The van der Waals surface area contributed by atoms with Crippen LogP contribution in [-0.2, 0) is 12.8 Å². The number of ether oxygens (including phenoxy) is 1. The van der Waals surface area contributed by atoms with Gasteiger partial charge in [0.15, 0.2) is 0 Å². The predicted octanol–water partition coefficient (Wildman–Crippen LogP) is 3.89. The molecule has 0 unspecified atom stereocenters. The first-order valence-electron chi connectivity index (χ1n) is 9.44. The number of hydrogen-bond donors (Lipinski definition) is 0. The quantitative estimate of drug-likeness (QED) is 0.731. The number of rotatable bonds is 7. The Balaban J connectivity index is 0.00000243. The minimum absolute atomic E-state index is 0. The number of likely N-dealkylation sites (N-methyl/N-ethyl adjacent to an activating group) is 1. The van der Waals surface area contributed by atoms with E-state index in [-0.39, 0.29) is 12.4 Å². The second-order valence-corrected chi connectivity index (χ2v) is 6.95. The first-order chi connectivity index (χ1) is 12.2. The summed E-state index contributed by atoms with van der Waals surface area (Å²) in [6.07, 6.45) is 1.99. The van der Waals surface area contributed by atoms with E-state index in [2.05, 4.69) is 72.3 Å². The summed E-state index contributed by atoms with van der Waals surface area (Å²) in [5.41, 5.74) is 4.00. The highest BCUT2D eigenvalue weighted by molar-refractivity contribution is 5.85. The van der Waals surface area contributed by atoms with E-state index >= 15 is 0 Å². The fraction of sp³-hybridized carbons (Fsp3) is 0.455. The van der Waals surface area contributed by atoms with Crippen molar-refractivity contribution in [3.05, 3.63) is 65.2 Å². The van der Waals surface area contributed by atoms with Crippen molar-refractivity contribution in [3.63, 3.8) is 0 Å². The van der Waals surface area contributed by atoms with E-state index in [0.717, 1.165) is 57.9 Å². The normalized spacial score (nSPS) is 15.5. The Kier molecular flexibility index (Phi) is 8.43. The number of benzene rings is 2. The molecule has 0 aromatic heterocycles. The predicted molar refractivity (Wildman–Crippen MR) is 112 cm³/mol. The zero-order valence-electron chi connectivity index (χ0n) is 16.0. The van der Waals surface area contributed by atoms with Crippen molar-refractivity contribution >= 4 is 12.4 Å². The first kappa shape index (κ1) is 20.8. The Hall–Kier alpha value is -1.55. The average Bonchev–Trinajstić information content (AvgIpc) is 2.65. The molecule has 0 N–H and O–H groups in total. The lowest BCUT2D eigenvalue weighted by molar-refractivity contribution is 0.133. The zero-order valence-corrected chi connectivity index (χ0v) is 16.8. The van der Waals surface area contributed by atoms with Crippen LogP contribution in [0.25, 0.3) is 0 Å². The van der Waals surface area contributed by atoms with E-state index in [1.165, 1.54) is 16.7 Å². The summed E-state index contributed by atoms with van der Waals surface area (Å²) in [6.45, 7) is 8.58. The van der Waals surface area contributed by atoms with Gasteiger partial charge in [-0.2, -0.15) is 0 Å². The molecule has 0 atom stereocenters. The number of halogens is 1. The molecule has 26 heavy (non-hydrogen) atoms. The van der Waals surface area contributed by atoms with Crippen LogP contribution < -0.4 is 4.74 Å². The number of hydrogen-bond acceptors (Lipinski definition) is 3. The third-order valence-electron chi connectivity index (χ3n) is 5.03. The SMILES string of the molecule is CCc1ccc(OCCN2CCN(C)CC2)c(Cc2ccccc2)c1.Cl. The van der Waals surface area contributed by atoms with Gasteiger partial charge in [-0.05, 0) is 36.2 Å². The van der Waals surface area contributed by atoms with Crippen LogP contribution in [0.15, 0.2) is 48.5 Å². The van der Waals surface area contributed by atoms with Gasteiger partial charge in [-0.25, -0.2) is 0 Å². The summed E-state index contributed by atoms with van der Waals surface area (Å²) in [5.74, 6) is 1.04. The second-order valence-electron chi connectivity index (χ2n) is 6.95. The molecule has 0 amide bonds. The molecular formula is C22H31ClN2O. The maximum atomic E-state index is 6.18. The molecule has 3 nitrogen and oxygen atoms in total. The molecule has 2 aromatic rings. The van der Waals surface area contributed by atoms with Gasteiger partial charge in [0.1, 0.15) is 12.4 Å². The third kappa shape index (κ3) is 6.01. The van der Waals surface area contributed by atoms with Crippen LogP contribution in [0.5, 0.6) is 5.75 Å². The molecule has 0 spiro atoms. The first-order valence-corrected chi connectivity index (χ1v) is 9.44. The summed E-state index contributed by atoms with van der Waals surface area (Å²) >= 11 is 0. The molecule has 2 aromatic carbocycles. The highest BCUT2D eigenvalue weighted by Crippen LogP contribution is 2.24. The van der Waals surface area contributed by atoms with Gasteiger partial charge in [-0.1, -0.05) is 49.4 Å². The Morgan fingerprint density at radius 3 is 2.35 bits per heavy atom. The van der Waals surface area contributed by atoms with Gasteiger partial charge in [0.2, 0.25) is 0 Å². The van der Waals surface area contributed by atoms with Crippen molar-refractivity contribution < 1.29 is 4.74 Å². The Morgan fingerprint density at radius 1 is 0.923 bits per heavy atom.